The molecule has 94 valence electrons. The number of benzene rings is 1. The highest BCUT2D eigenvalue weighted by atomic mass is 16.2. The molecule has 0 bridgehead atoms. The van der Waals surface area contributed by atoms with Crippen LogP contribution in [0.5, 0.6) is 0 Å². The largest absolute Gasteiger partial charge is 0.338 e. The van der Waals surface area contributed by atoms with Crippen molar-refractivity contribution in [3.8, 4) is 0 Å². The summed E-state index contributed by atoms with van der Waals surface area (Å²) < 4.78 is 0. The molecule has 0 heterocycles. The molecule has 1 amide bonds. The molecule has 1 rings (SSSR count). The first-order valence-corrected chi connectivity index (χ1v) is 6.08. The molecule has 3 nitrogen and oxygen atoms in total. The van der Waals surface area contributed by atoms with Crippen molar-refractivity contribution in [2.24, 2.45) is 5.73 Å². The monoisotopic (exact) mass is 234 g/mol. The molecular formula is C14H22N2O. The van der Waals surface area contributed by atoms with Crippen molar-refractivity contribution in [1.29, 1.82) is 0 Å². The summed E-state index contributed by atoms with van der Waals surface area (Å²) in [7, 11) is 0. The van der Waals surface area contributed by atoms with Gasteiger partial charge in [-0.3, -0.25) is 4.79 Å². The lowest BCUT2D eigenvalue weighted by atomic mass is 9.99. The number of nitrogens with zero attached hydrogens (tertiary/aromatic N) is 1. The van der Waals surface area contributed by atoms with Crippen molar-refractivity contribution >= 4 is 5.91 Å². The van der Waals surface area contributed by atoms with E-state index in [0.29, 0.717) is 19.6 Å². The number of hydrogen-bond donors (Lipinski definition) is 1. The van der Waals surface area contributed by atoms with Crippen molar-refractivity contribution in [1.82, 2.24) is 4.90 Å². The second-order valence-corrected chi connectivity index (χ2v) is 4.45. The fourth-order valence-corrected chi connectivity index (χ4v) is 2.23. The van der Waals surface area contributed by atoms with Gasteiger partial charge < -0.3 is 10.6 Å². The Morgan fingerprint density at radius 3 is 2.18 bits per heavy atom. The van der Waals surface area contributed by atoms with Crippen LogP contribution < -0.4 is 5.73 Å². The van der Waals surface area contributed by atoms with Gasteiger partial charge in [-0.1, -0.05) is 17.7 Å². The van der Waals surface area contributed by atoms with Gasteiger partial charge in [-0.15, -0.1) is 0 Å². The number of likely N-dealkylation sites (N-methyl/N-ethyl adjacent to an activating group) is 1. The summed E-state index contributed by atoms with van der Waals surface area (Å²) in [6, 6.07) is 4.10. The smallest absolute Gasteiger partial charge is 0.254 e. The van der Waals surface area contributed by atoms with Crippen LogP contribution in [0.2, 0.25) is 0 Å². The van der Waals surface area contributed by atoms with Gasteiger partial charge in [0.2, 0.25) is 0 Å². The average Bonchev–Trinajstić information content (AvgIpc) is 2.24. The van der Waals surface area contributed by atoms with Gasteiger partial charge in [0.25, 0.3) is 5.91 Å². The molecule has 2 N–H and O–H groups in total. The number of aryl methyl sites for hydroxylation is 3. The topological polar surface area (TPSA) is 46.3 Å². The van der Waals surface area contributed by atoms with Crippen LogP contribution in [0.15, 0.2) is 12.1 Å². The SMILES string of the molecule is CCN(CCN)C(=O)c1c(C)cc(C)cc1C. The Hall–Kier alpha value is -1.35. The number of carbonyl (C=O) groups excluding carboxylic acids is 1. The highest BCUT2D eigenvalue weighted by Gasteiger charge is 2.17. The van der Waals surface area contributed by atoms with Crippen molar-refractivity contribution in [3.05, 3.63) is 34.4 Å². The Morgan fingerprint density at radius 1 is 1.24 bits per heavy atom. The maximum absolute atomic E-state index is 12.4. The molecule has 1 aromatic rings. The van der Waals surface area contributed by atoms with Crippen molar-refractivity contribution in [2.75, 3.05) is 19.6 Å². The van der Waals surface area contributed by atoms with Crippen LogP contribution in [-0.4, -0.2) is 30.4 Å². The lowest BCUT2D eigenvalue weighted by molar-refractivity contribution is 0.0767. The van der Waals surface area contributed by atoms with E-state index in [-0.39, 0.29) is 5.91 Å². The van der Waals surface area contributed by atoms with E-state index in [1.807, 2.05) is 27.7 Å². The summed E-state index contributed by atoms with van der Waals surface area (Å²) in [6.45, 7) is 9.82. The summed E-state index contributed by atoms with van der Waals surface area (Å²) in [5.74, 6) is 0.0907. The molecular weight excluding hydrogens is 212 g/mol. The summed E-state index contributed by atoms with van der Waals surface area (Å²) >= 11 is 0. The first-order chi connectivity index (χ1) is 8.01. The molecule has 0 aliphatic heterocycles. The van der Waals surface area contributed by atoms with Crippen molar-refractivity contribution < 1.29 is 4.79 Å². The van der Waals surface area contributed by atoms with E-state index in [0.717, 1.165) is 16.7 Å². The molecule has 17 heavy (non-hydrogen) atoms. The van der Waals surface area contributed by atoms with E-state index >= 15 is 0 Å². The fraction of sp³-hybridized carbons (Fsp3) is 0.500. The molecule has 0 atom stereocenters. The second kappa shape index (κ2) is 5.82. The molecule has 1 aromatic carbocycles. The van der Waals surface area contributed by atoms with Gasteiger partial charge in [-0.25, -0.2) is 0 Å². The second-order valence-electron chi connectivity index (χ2n) is 4.45. The third kappa shape index (κ3) is 3.07. The normalized spacial score (nSPS) is 10.4. The summed E-state index contributed by atoms with van der Waals surface area (Å²) in [4.78, 5) is 14.2. The highest BCUT2D eigenvalue weighted by Crippen LogP contribution is 2.18. The molecule has 0 aromatic heterocycles. The zero-order valence-electron chi connectivity index (χ0n) is 11.2. The van der Waals surface area contributed by atoms with Gasteiger partial charge in [0.15, 0.2) is 0 Å². The highest BCUT2D eigenvalue weighted by molar-refractivity contribution is 5.97. The lowest BCUT2D eigenvalue weighted by Gasteiger charge is -2.22. The molecule has 0 saturated heterocycles. The number of carbonyl (C=O) groups is 1. The standard InChI is InChI=1S/C14H22N2O/c1-5-16(7-6-15)14(17)13-11(3)8-10(2)9-12(13)4/h8-9H,5-7,15H2,1-4H3. The van der Waals surface area contributed by atoms with Crippen molar-refractivity contribution in [2.45, 2.75) is 27.7 Å². The van der Waals surface area contributed by atoms with Gasteiger partial charge in [0.1, 0.15) is 0 Å². The third-order valence-corrected chi connectivity index (χ3v) is 2.96. The van der Waals surface area contributed by atoms with Gasteiger partial charge in [0, 0.05) is 25.2 Å². The maximum Gasteiger partial charge on any atom is 0.254 e. The summed E-state index contributed by atoms with van der Waals surface area (Å²) in [5, 5.41) is 0. The minimum Gasteiger partial charge on any atom is -0.338 e. The van der Waals surface area contributed by atoms with Gasteiger partial charge in [0.05, 0.1) is 0 Å². The maximum atomic E-state index is 12.4. The Kier molecular flexibility index (Phi) is 4.70. The van der Waals surface area contributed by atoms with E-state index in [1.54, 1.807) is 4.90 Å². The quantitative estimate of drug-likeness (QED) is 0.866. The zero-order chi connectivity index (χ0) is 13.0. The molecule has 0 aliphatic rings. The number of rotatable bonds is 4. The molecule has 3 heteroatoms. The number of hydrogen-bond acceptors (Lipinski definition) is 2. The molecule has 0 saturated carbocycles. The Balaban J connectivity index is 3.11. The van der Waals surface area contributed by atoms with Crippen LogP contribution in [-0.2, 0) is 0 Å². The van der Waals surface area contributed by atoms with Gasteiger partial charge >= 0.3 is 0 Å². The molecule has 0 fully saturated rings. The Labute approximate surface area is 104 Å². The van der Waals surface area contributed by atoms with Crippen LogP contribution >= 0.6 is 0 Å². The van der Waals surface area contributed by atoms with Crippen LogP contribution in [0, 0.1) is 20.8 Å². The van der Waals surface area contributed by atoms with Crippen molar-refractivity contribution in [3.63, 3.8) is 0 Å². The summed E-state index contributed by atoms with van der Waals surface area (Å²) in [5.41, 5.74) is 9.63. The van der Waals surface area contributed by atoms with E-state index < -0.39 is 0 Å². The van der Waals surface area contributed by atoms with Crippen LogP contribution in [0.25, 0.3) is 0 Å². The number of amides is 1. The molecule has 0 unspecified atom stereocenters. The van der Waals surface area contributed by atoms with Gasteiger partial charge in [-0.05, 0) is 38.8 Å². The molecule has 0 aliphatic carbocycles. The Morgan fingerprint density at radius 2 is 1.76 bits per heavy atom. The molecule has 0 radical (unpaired) electrons. The fourth-order valence-electron chi connectivity index (χ4n) is 2.23. The third-order valence-electron chi connectivity index (χ3n) is 2.96. The number of nitrogens with two attached hydrogens (primary N) is 1. The predicted molar refractivity (Wildman–Crippen MR) is 71.3 cm³/mol. The summed E-state index contributed by atoms with van der Waals surface area (Å²) in [6.07, 6.45) is 0. The lowest BCUT2D eigenvalue weighted by Crippen LogP contribution is -2.35. The van der Waals surface area contributed by atoms with E-state index in [4.69, 9.17) is 5.73 Å². The van der Waals surface area contributed by atoms with Gasteiger partial charge in [-0.2, -0.15) is 0 Å². The van der Waals surface area contributed by atoms with E-state index in [1.165, 1.54) is 5.56 Å². The van der Waals surface area contributed by atoms with Crippen LogP contribution in [0.4, 0.5) is 0 Å². The van der Waals surface area contributed by atoms with Crippen LogP contribution in [0.3, 0.4) is 0 Å². The first kappa shape index (κ1) is 13.7. The van der Waals surface area contributed by atoms with E-state index in [2.05, 4.69) is 12.1 Å². The van der Waals surface area contributed by atoms with Crippen LogP contribution in [0.1, 0.15) is 34.0 Å². The average molecular weight is 234 g/mol. The minimum atomic E-state index is 0.0907. The molecule has 0 spiro atoms. The minimum absolute atomic E-state index is 0.0907. The Bertz CT molecular complexity index is 390. The predicted octanol–water partition coefficient (Wildman–Crippen LogP) is 2.03. The van der Waals surface area contributed by atoms with E-state index in [9.17, 15) is 4.79 Å². The zero-order valence-corrected chi connectivity index (χ0v) is 11.2. The first-order valence-electron chi connectivity index (χ1n) is 6.08.